The van der Waals surface area contributed by atoms with E-state index in [1.54, 1.807) is 12.1 Å². The van der Waals surface area contributed by atoms with Crippen molar-refractivity contribution < 1.29 is 14.0 Å². The molecule has 0 spiro atoms. The van der Waals surface area contributed by atoms with Crippen LogP contribution in [0, 0.1) is 5.82 Å². The molecule has 0 radical (unpaired) electrons. The van der Waals surface area contributed by atoms with Crippen LogP contribution in [-0.2, 0) is 4.79 Å². The molecule has 1 atom stereocenters. The van der Waals surface area contributed by atoms with Gasteiger partial charge in [0.15, 0.2) is 0 Å². The average molecular weight is 315 g/mol. The number of carbonyl (C=O) groups is 2. The Balaban J connectivity index is 2.18. The maximum Gasteiger partial charge on any atom is 0.251 e. The van der Waals surface area contributed by atoms with Crippen molar-refractivity contribution >= 4 is 17.5 Å². The molecule has 2 amide bonds. The van der Waals surface area contributed by atoms with Gasteiger partial charge in [0.05, 0.1) is 11.6 Å². The van der Waals surface area contributed by atoms with Crippen LogP contribution in [0.3, 0.4) is 0 Å². The van der Waals surface area contributed by atoms with Gasteiger partial charge in [0.25, 0.3) is 5.91 Å². The molecule has 23 heavy (non-hydrogen) atoms. The first-order valence-corrected chi connectivity index (χ1v) is 7.14. The van der Waals surface area contributed by atoms with Crippen LogP contribution in [0.1, 0.15) is 21.8 Å². The van der Waals surface area contributed by atoms with Crippen LogP contribution in [0.2, 0.25) is 0 Å². The van der Waals surface area contributed by atoms with E-state index in [4.69, 9.17) is 5.73 Å². The molecule has 0 saturated carbocycles. The Morgan fingerprint density at radius 1 is 1.17 bits per heavy atom. The number of benzene rings is 2. The molecule has 0 heterocycles. The standard InChI is InChI=1S/C17H18FN3O2/c1-20-16(22)12-7-8-15(14(18)9-12)21-17(23)13(10-19)11-5-3-2-4-6-11/h2-9,13H,10,19H2,1H3,(H,20,22)(H,21,23)/t13-/m1/s1. The summed E-state index contributed by atoms with van der Waals surface area (Å²) in [7, 11) is 1.46. The van der Waals surface area contributed by atoms with Crippen LogP contribution in [0.25, 0.3) is 0 Å². The highest BCUT2D eigenvalue weighted by atomic mass is 19.1. The van der Waals surface area contributed by atoms with Gasteiger partial charge in [0, 0.05) is 19.2 Å². The van der Waals surface area contributed by atoms with Crippen molar-refractivity contribution in [3.8, 4) is 0 Å². The predicted molar refractivity (Wildman–Crippen MR) is 86.7 cm³/mol. The summed E-state index contributed by atoms with van der Waals surface area (Å²) in [5, 5.41) is 4.93. The second kappa shape index (κ2) is 7.51. The van der Waals surface area contributed by atoms with E-state index >= 15 is 0 Å². The van der Waals surface area contributed by atoms with Gasteiger partial charge in [0.1, 0.15) is 5.82 Å². The molecule has 0 aromatic heterocycles. The minimum Gasteiger partial charge on any atom is -0.355 e. The lowest BCUT2D eigenvalue weighted by molar-refractivity contribution is -0.117. The maximum absolute atomic E-state index is 14.1. The Bertz CT molecular complexity index is 704. The van der Waals surface area contributed by atoms with Gasteiger partial charge in [0.2, 0.25) is 5.91 Å². The molecule has 6 heteroatoms. The first-order valence-electron chi connectivity index (χ1n) is 7.14. The van der Waals surface area contributed by atoms with Crippen molar-refractivity contribution in [1.29, 1.82) is 0 Å². The van der Waals surface area contributed by atoms with Gasteiger partial charge in [-0.15, -0.1) is 0 Å². The number of hydrogen-bond donors (Lipinski definition) is 3. The number of amides is 2. The molecule has 0 unspecified atom stereocenters. The molecule has 0 saturated heterocycles. The molecule has 2 rings (SSSR count). The summed E-state index contributed by atoms with van der Waals surface area (Å²) >= 11 is 0. The molecule has 0 bridgehead atoms. The molecule has 2 aromatic carbocycles. The first-order chi connectivity index (χ1) is 11.1. The summed E-state index contributed by atoms with van der Waals surface area (Å²) in [6.07, 6.45) is 0. The lowest BCUT2D eigenvalue weighted by atomic mass is 9.98. The van der Waals surface area contributed by atoms with Gasteiger partial charge in [-0.05, 0) is 23.8 Å². The summed E-state index contributed by atoms with van der Waals surface area (Å²) in [5.41, 5.74) is 6.62. The second-order valence-corrected chi connectivity index (χ2v) is 4.96. The third-order valence-corrected chi connectivity index (χ3v) is 3.47. The summed E-state index contributed by atoms with van der Waals surface area (Å²) < 4.78 is 14.1. The number of anilines is 1. The summed E-state index contributed by atoms with van der Waals surface area (Å²) in [5.74, 6) is -2.05. The van der Waals surface area contributed by atoms with Crippen LogP contribution >= 0.6 is 0 Å². The lowest BCUT2D eigenvalue weighted by Crippen LogP contribution is -2.27. The van der Waals surface area contributed by atoms with Crippen LogP contribution in [-0.4, -0.2) is 25.4 Å². The molecular weight excluding hydrogens is 297 g/mol. The number of halogens is 1. The number of nitrogens with two attached hydrogens (primary N) is 1. The Morgan fingerprint density at radius 2 is 1.87 bits per heavy atom. The fourth-order valence-electron chi connectivity index (χ4n) is 2.20. The molecule has 0 aliphatic carbocycles. The van der Waals surface area contributed by atoms with Crippen molar-refractivity contribution in [2.24, 2.45) is 5.73 Å². The molecule has 5 nitrogen and oxygen atoms in total. The van der Waals surface area contributed by atoms with Gasteiger partial charge in [-0.25, -0.2) is 4.39 Å². The van der Waals surface area contributed by atoms with Gasteiger partial charge in [-0.2, -0.15) is 0 Å². The van der Waals surface area contributed by atoms with Gasteiger partial charge < -0.3 is 16.4 Å². The van der Waals surface area contributed by atoms with Crippen molar-refractivity contribution in [2.45, 2.75) is 5.92 Å². The van der Waals surface area contributed by atoms with E-state index in [0.29, 0.717) is 0 Å². The maximum atomic E-state index is 14.1. The largest absolute Gasteiger partial charge is 0.355 e. The van der Waals surface area contributed by atoms with E-state index in [1.165, 1.54) is 19.2 Å². The van der Waals surface area contributed by atoms with Crippen LogP contribution in [0.15, 0.2) is 48.5 Å². The molecule has 0 fully saturated rings. The van der Waals surface area contributed by atoms with Crippen LogP contribution in [0.5, 0.6) is 0 Å². The fraction of sp³-hybridized carbons (Fsp3) is 0.176. The monoisotopic (exact) mass is 315 g/mol. The first kappa shape index (κ1) is 16.6. The highest BCUT2D eigenvalue weighted by Gasteiger charge is 2.20. The Hall–Kier alpha value is -2.73. The van der Waals surface area contributed by atoms with Crippen molar-refractivity contribution in [1.82, 2.24) is 5.32 Å². The Labute approximate surface area is 133 Å². The third kappa shape index (κ3) is 3.92. The minimum atomic E-state index is -0.678. The Morgan fingerprint density at radius 3 is 2.43 bits per heavy atom. The smallest absolute Gasteiger partial charge is 0.251 e. The summed E-state index contributed by atoms with van der Waals surface area (Å²) in [6.45, 7) is 0.105. The van der Waals surface area contributed by atoms with E-state index in [2.05, 4.69) is 10.6 Å². The molecule has 0 aliphatic heterocycles. The van der Waals surface area contributed by atoms with E-state index < -0.39 is 23.5 Å². The summed E-state index contributed by atoms with van der Waals surface area (Å²) in [4.78, 5) is 23.8. The molecule has 2 aromatic rings. The minimum absolute atomic E-state index is 0.0111. The zero-order valence-electron chi connectivity index (χ0n) is 12.7. The zero-order valence-corrected chi connectivity index (χ0v) is 12.7. The molecule has 4 N–H and O–H groups in total. The highest BCUT2D eigenvalue weighted by Crippen LogP contribution is 2.20. The van der Waals surface area contributed by atoms with Crippen molar-refractivity contribution in [3.63, 3.8) is 0 Å². The molecule has 0 aliphatic rings. The number of hydrogen-bond acceptors (Lipinski definition) is 3. The van der Waals surface area contributed by atoms with Gasteiger partial charge in [-0.1, -0.05) is 30.3 Å². The SMILES string of the molecule is CNC(=O)c1ccc(NC(=O)[C@H](CN)c2ccccc2)c(F)c1. The second-order valence-electron chi connectivity index (χ2n) is 4.96. The predicted octanol–water partition coefficient (Wildman–Crippen LogP) is 1.87. The van der Waals surface area contributed by atoms with Crippen molar-refractivity contribution in [2.75, 3.05) is 18.9 Å². The highest BCUT2D eigenvalue weighted by molar-refractivity contribution is 5.98. The van der Waals surface area contributed by atoms with Crippen LogP contribution < -0.4 is 16.4 Å². The van der Waals surface area contributed by atoms with Crippen molar-refractivity contribution in [3.05, 3.63) is 65.5 Å². The van der Waals surface area contributed by atoms with Crippen LogP contribution in [0.4, 0.5) is 10.1 Å². The van der Waals surface area contributed by atoms with Gasteiger partial charge >= 0.3 is 0 Å². The van der Waals surface area contributed by atoms with Gasteiger partial charge in [-0.3, -0.25) is 9.59 Å². The average Bonchev–Trinajstić information content (AvgIpc) is 2.57. The molecule has 120 valence electrons. The number of carbonyl (C=O) groups excluding carboxylic acids is 2. The van der Waals surface area contributed by atoms with E-state index in [1.807, 2.05) is 18.2 Å². The van der Waals surface area contributed by atoms with E-state index in [-0.39, 0.29) is 17.8 Å². The fourth-order valence-corrected chi connectivity index (χ4v) is 2.20. The lowest BCUT2D eigenvalue weighted by Gasteiger charge is -2.16. The third-order valence-electron chi connectivity index (χ3n) is 3.47. The number of nitrogens with one attached hydrogen (secondary N) is 2. The normalized spacial score (nSPS) is 11.6. The topological polar surface area (TPSA) is 84.2 Å². The van der Waals surface area contributed by atoms with E-state index in [0.717, 1.165) is 11.6 Å². The van der Waals surface area contributed by atoms with E-state index in [9.17, 15) is 14.0 Å². The number of rotatable bonds is 5. The molecular formula is C17H18FN3O2. The quantitative estimate of drug-likeness (QED) is 0.787. The Kier molecular flexibility index (Phi) is 5.43. The summed E-state index contributed by atoms with van der Waals surface area (Å²) in [6, 6.07) is 12.9. The zero-order chi connectivity index (χ0) is 16.8.